The Balaban J connectivity index is 2.07. The van der Waals surface area contributed by atoms with Gasteiger partial charge in [0.1, 0.15) is 0 Å². The summed E-state index contributed by atoms with van der Waals surface area (Å²) in [5, 5.41) is 3.66. The van der Waals surface area contributed by atoms with Gasteiger partial charge in [0.25, 0.3) is 0 Å². The van der Waals surface area contributed by atoms with Crippen molar-refractivity contribution in [1.82, 2.24) is 5.32 Å². The molecular weight excluding hydrogens is 146 g/mol. The van der Waals surface area contributed by atoms with Crippen molar-refractivity contribution in [3.05, 3.63) is 11.6 Å². The van der Waals surface area contributed by atoms with Gasteiger partial charge < -0.3 is 5.32 Å². The average Bonchev–Trinajstić information content (AvgIpc) is 2.47. The van der Waals surface area contributed by atoms with E-state index in [1.807, 2.05) is 0 Å². The van der Waals surface area contributed by atoms with Gasteiger partial charge in [-0.2, -0.15) is 0 Å². The molecule has 68 valence electrons. The molecule has 2 rings (SSSR count). The molecule has 2 aliphatic rings. The molecule has 1 heteroatoms. The number of rotatable bonds is 1. The lowest BCUT2D eigenvalue weighted by molar-refractivity contribution is 0.317. The van der Waals surface area contributed by atoms with E-state index in [2.05, 4.69) is 25.2 Å². The molecule has 1 aliphatic heterocycles. The maximum Gasteiger partial charge on any atom is 0.0305 e. The standard InChI is InChI=1S/C11H19N/c1-3-8(2)11-10-5-4-9(6-10)7-12-11/h3,9-12H,4-7H2,1-2H3/t9-,10+,11-/m0/s1. The number of hydrogen-bond acceptors (Lipinski definition) is 1. The zero-order chi connectivity index (χ0) is 8.55. The number of hydrogen-bond donors (Lipinski definition) is 1. The summed E-state index contributed by atoms with van der Waals surface area (Å²) in [4.78, 5) is 0. The summed E-state index contributed by atoms with van der Waals surface area (Å²) in [5.41, 5.74) is 1.54. The molecule has 0 aromatic carbocycles. The quantitative estimate of drug-likeness (QED) is 0.588. The molecule has 1 N–H and O–H groups in total. The highest BCUT2D eigenvalue weighted by atomic mass is 14.9. The highest BCUT2D eigenvalue weighted by Crippen LogP contribution is 2.38. The Morgan fingerprint density at radius 3 is 3.00 bits per heavy atom. The SMILES string of the molecule is CC=C(C)[C@@H]1NC[C@H]2CC[C@@H]1C2. The van der Waals surface area contributed by atoms with E-state index in [1.54, 1.807) is 5.57 Å². The molecule has 0 amide bonds. The van der Waals surface area contributed by atoms with Gasteiger partial charge in [-0.25, -0.2) is 0 Å². The third-order valence-electron chi connectivity index (χ3n) is 3.63. The Labute approximate surface area is 75.2 Å². The molecule has 0 radical (unpaired) electrons. The number of piperidine rings is 1. The minimum Gasteiger partial charge on any atom is -0.310 e. The molecule has 0 unspecified atom stereocenters. The zero-order valence-corrected chi connectivity index (χ0v) is 8.14. The summed E-state index contributed by atoms with van der Waals surface area (Å²) in [6.45, 7) is 5.67. The first kappa shape index (κ1) is 8.31. The lowest BCUT2D eigenvalue weighted by Gasteiger charge is -2.30. The molecule has 2 bridgehead atoms. The number of fused-ring (bicyclic) bond motifs is 2. The molecular formula is C11H19N. The van der Waals surface area contributed by atoms with Crippen molar-refractivity contribution in [2.75, 3.05) is 6.54 Å². The fraction of sp³-hybridized carbons (Fsp3) is 0.818. The summed E-state index contributed by atoms with van der Waals surface area (Å²) >= 11 is 0. The van der Waals surface area contributed by atoms with Gasteiger partial charge in [0, 0.05) is 6.04 Å². The first-order valence-electron chi connectivity index (χ1n) is 5.17. The second-order valence-electron chi connectivity index (χ2n) is 4.36. The molecule has 3 atom stereocenters. The first-order valence-corrected chi connectivity index (χ1v) is 5.17. The van der Waals surface area contributed by atoms with Crippen LogP contribution in [0.3, 0.4) is 0 Å². The minimum absolute atomic E-state index is 0.703. The van der Waals surface area contributed by atoms with Crippen LogP contribution in [-0.2, 0) is 0 Å². The summed E-state index contributed by atoms with van der Waals surface area (Å²) in [7, 11) is 0. The second kappa shape index (κ2) is 3.21. The van der Waals surface area contributed by atoms with E-state index in [0.29, 0.717) is 6.04 Å². The summed E-state index contributed by atoms with van der Waals surface area (Å²) < 4.78 is 0. The Morgan fingerprint density at radius 2 is 2.25 bits per heavy atom. The van der Waals surface area contributed by atoms with Crippen molar-refractivity contribution in [2.24, 2.45) is 11.8 Å². The molecule has 1 aliphatic carbocycles. The molecule has 12 heavy (non-hydrogen) atoms. The van der Waals surface area contributed by atoms with Crippen molar-refractivity contribution >= 4 is 0 Å². The summed E-state index contributed by atoms with van der Waals surface area (Å²) in [6, 6.07) is 0.703. The van der Waals surface area contributed by atoms with E-state index < -0.39 is 0 Å². The molecule has 0 spiro atoms. The van der Waals surface area contributed by atoms with Crippen LogP contribution in [0.4, 0.5) is 0 Å². The second-order valence-corrected chi connectivity index (χ2v) is 4.36. The lowest BCUT2D eigenvalue weighted by Crippen LogP contribution is -2.42. The van der Waals surface area contributed by atoms with Crippen LogP contribution in [0.15, 0.2) is 11.6 Å². The minimum atomic E-state index is 0.703. The van der Waals surface area contributed by atoms with E-state index >= 15 is 0 Å². The Hall–Kier alpha value is -0.300. The number of allylic oxidation sites excluding steroid dienone is 1. The third kappa shape index (κ3) is 1.31. The molecule has 1 heterocycles. The van der Waals surface area contributed by atoms with E-state index in [9.17, 15) is 0 Å². The summed E-state index contributed by atoms with van der Waals surface area (Å²) in [5.74, 6) is 1.94. The predicted octanol–water partition coefficient (Wildman–Crippen LogP) is 2.34. The van der Waals surface area contributed by atoms with Crippen LogP contribution in [0.25, 0.3) is 0 Å². The van der Waals surface area contributed by atoms with Crippen molar-refractivity contribution in [3.63, 3.8) is 0 Å². The first-order chi connectivity index (χ1) is 5.81. The van der Waals surface area contributed by atoms with Crippen LogP contribution in [-0.4, -0.2) is 12.6 Å². The Kier molecular flexibility index (Phi) is 2.22. The van der Waals surface area contributed by atoms with Gasteiger partial charge >= 0.3 is 0 Å². The molecule has 1 saturated carbocycles. The highest BCUT2D eigenvalue weighted by molar-refractivity contribution is 5.12. The fourth-order valence-electron chi connectivity index (χ4n) is 2.77. The summed E-state index contributed by atoms with van der Waals surface area (Å²) in [6.07, 6.45) is 6.65. The maximum absolute atomic E-state index is 3.66. The molecule has 1 saturated heterocycles. The van der Waals surface area contributed by atoms with Crippen LogP contribution >= 0.6 is 0 Å². The van der Waals surface area contributed by atoms with Crippen molar-refractivity contribution in [1.29, 1.82) is 0 Å². The van der Waals surface area contributed by atoms with Crippen molar-refractivity contribution < 1.29 is 0 Å². The maximum atomic E-state index is 3.66. The zero-order valence-electron chi connectivity index (χ0n) is 8.14. The Morgan fingerprint density at radius 1 is 1.42 bits per heavy atom. The van der Waals surface area contributed by atoms with Crippen LogP contribution in [0.1, 0.15) is 33.1 Å². The highest BCUT2D eigenvalue weighted by Gasteiger charge is 2.35. The monoisotopic (exact) mass is 165 g/mol. The molecule has 0 aromatic rings. The van der Waals surface area contributed by atoms with Gasteiger partial charge in [-0.05, 0) is 51.5 Å². The Bertz CT molecular complexity index is 195. The van der Waals surface area contributed by atoms with Gasteiger partial charge in [-0.1, -0.05) is 11.6 Å². The predicted molar refractivity (Wildman–Crippen MR) is 52.1 cm³/mol. The van der Waals surface area contributed by atoms with Crippen molar-refractivity contribution in [3.8, 4) is 0 Å². The average molecular weight is 165 g/mol. The third-order valence-corrected chi connectivity index (χ3v) is 3.63. The lowest BCUT2D eigenvalue weighted by atomic mass is 9.88. The van der Waals surface area contributed by atoms with Gasteiger partial charge in [-0.3, -0.25) is 0 Å². The topological polar surface area (TPSA) is 12.0 Å². The van der Waals surface area contributed by atoms with E-state index in [0.717, 1.165) is 11.8 Å². The van der Waals surface area contributed by atoms with E-state index in [1.165, 1.54) is 25.8 Å². The van der Waals surface area contributed by atoms with Crippen LogP contribution in [0.5, 0.6) is 0 Å². The molecule has 2 fully saturated rings. The largest absolute Gasteiger partial charge is 0.310 e. The normalized spacial score (nSPS) is 41.8. The van der Waals surface area contributed by atoms with E-state index in [4.69, 9.17) is 0 Å². The van der Waals surface area contributed by atoms with Gasteiger partial charge in [0.2, 0.25) is 0 Å². The van der Waals surface area contributed by atoms with E-state index in [-0.39, 0.29) is 0 Å². The number of nitrogens with one attached hydrogen (secondary N) is 1. The van der Waals surface area contributed by atoms with Gasteiger partial charge in [0.15, 0.2) is 0 Å². The van der Waals surface area contributed by atoms with Crippen LogP contribution < -0.4 is 5.32 Å². The fourth-order valence-corrected chi connectivity index (χ4v) is 2.77. The molecule has 1 nitrogen and oxygen atoms in total. The van der Waals surface area contributed by atoms with Gasteiger partial charge in [-0.15, -0.1) is 0 Å². The smallest absolute Gasteiger partial charge is 0.0305 e. The van der Waals surface area contributed by atoms with Crippen molar-refractivity contribution in [2.45, 2.75) is 39.2 Å². The van der Waals surface area contributed by atoms with Gasteiger partial charge in [0.05, 0.1) is 0 Å². The van der Waals surface area contributed by atoms with Crippen LogP contribution in [0.2, 0.25) is 0 Å². The van der Waals surface area contributed by atoms with Crippen LogP contribution in [0, 0.1) is 11.8 Å². The molecule has 0 aromatic heterocycles.